The molecule has 1 aliphatic heterocycles. The van der Waals surface area contributed by atoms with Crippen LogP contribution in [0.2, 0.25) is 0 Å². The Morgan fingerprint density at radius 1 is 1.00 bits per heavy atom. The zero-order valence-electron chi connectivity index (χ0n) is 18.1. The summed E-state index contributed by atoms with van der Waals surface area (Å²) in [5.41, 5.74) is -0.880. The topological polar surface area (TPSA) is 117 Å². The number of halogens is 1. The number of aromatic amines is 1. The zero-order chi connectivity index (χ0) is 24.2. The number of hydrogen-bond donors (Lipinski definition) is 1. The molecule has 0 spiro atoms. The van der Waals surface area contributed by atoms with E-state index in [2.05, 4.69) is 4.98 Å². The summed E-state index contributed by atoms with van der Waals surface area (Å²) in [4.78, 5) is 51.0. The molecule has 9 nitrogen and oxygen atoms in total. The third-order valence-electron chi connectivity index (χ3n) is 5.33. The highest BCUT2D eigenvalue weighted by molar-refractivity contribution is 5.90. The Balaban J connectivity index is 1.59. The van der Waals surface area contributed by atoms with Crippen molar-refractivity contribution >= 4 is 11.9 Å². The second-order valence-electron chi connectivity index (χ2n) is 7.69. The average Bonchev–Trinajstić information content (AvgIpc) is 3.15. The number of alkyl halides is 1. The van der Waals surface area contributed by atoms with Crippen LogP contribution < -0.4 is 11.2 Å². The summed E-state index contributed by atoms with van der Waals surface area (Å²) in [5.74, 6) is -1.48. The molecule has 0 aliphatic carbocycles. The molecule has 4 atom stereocenters. The number of rotatable bonds is 6. The van der Waals surface area contributed by atoms with Crippen LogP contribution in [-0.4, -0.2) is 46.5 Å². The largest absolute Gasteiger partial charge is 0.459 e. The van der Waals surface area contributed by atoms with Crippen LogP contribution in [-0.2, 0) is 14.2 Å². The van der Waals surface area contributed by atoms with Crippen molar-refractivity contribution in [2.75, 3.05) is 6.61 Å². The van der Waals surface area contributed by atoms with E-state index in [1.165, 1.54) is 19.1 Å². The first-order valence-electron chi connectivity index (χ1n) is 10.4. The minimum atomic E-state index is -1.99. The average molecular weight is 468 g/mol. The Hall–Kier alpha value is -4.05. The lowest BCUT2D eigenvalue weighted by Gasteiger charge is -2.19. The second kappa shape index (κ2) is 9.84. The van der Waals surface area contributed by atoms with E-state index in [1.54, 1.807) is 48.5 Å². The molecule has 3 aromatic rings. The maximum atomic E-state index is 15.5. The van der Waals surface area contributed by atoms with E-state index in [9.17, 15) is 19.2 Å². The molecular formula is C24H21FN2O7. The summed E-state index contributed by atoms with van der Waals surface area (Å²) in [6.07, 6.45) is -5.04. The second-order valence-corrected chi connectivity index (χ2v) is 7.69. The third-order valence-corrected chi connectivity index (χ3v) is 5.33. The van der Waals surface area contributed by atoms with Crippen LogP contribution in [0, 0.1) is 6.92 Å². The van der Waals surface area contributed by atoms with Crippen LogP contribution in [0.3, 0.4) is 0 Å². The number of aromatic nitrogens is 2. The molecule has 1 aromatic heterocycles. The Morgan fingerprint density at radius 2 is 1.59 bits per heavy atom. The van der Waals surface area contributed by atoms with Gasteiger partial charge in [0.05, 0.1) is 11.1 Å². The number of carbonyl (C=O) groups excluding carboxylic acids is 2. The van der Waals surface area contributed by atoms with Gasteiger partial charge in [-0.25, -0.2) is 18.8 Å². The van der Waals surface area contributed by atoms with Gasteiger partial charge in [-0.05, 0) is 31.2 Å². The van der Waals surface area contributed by atoms with Gasteiger partial charge in [0.25, 0.3) is 5.56 Å². The maximum Gasteiger partial charge on any atom is 0.338 e. The third kappa shape index (κ3) is 4.81. The number of nitrogens with zero attached hydrogens (tertiary/aromatic N) is 1. The van der Waals surface area contributed by atoms with Crippen molar-refractivity contribution in [3.05, 3.63) is 104 Å². The van der Waals surface area contributed by atoms with Gasteiger partial charge in [0.15, 0.2) is 18.5 Å². The Kier molecular flexibility index (Phi) is 6.69. The van der Waals surface area contributed by atoms with Gasteiger partial charge in [0, 0.05) is 11.8 Å². The van der Waals surface area contributed by atoms with Crippen molar-refractivity contribution in [3.8, 4) is 0 Å². The summed E-state index contributed by atoms with van der Waals surface area (Å²) >= 11 is 0. The summed E-state index contributed by atoms with van der Waals surface area (Å²) in [6, 6.07) is 16.1. The molecule has 4 rings (SSSR count). The van der Waals surface area contributed by atoms with Crippen LogP contribution in [0.15, 0.2) is 76.4 Å². The van der Waals surface area contributed by atoms with Crippen LogP contribution in [0.1, 0.15) is 32.5 Å². The van der Waals surface area contributed by atoms with Gasteiger partial charge < -0.3 is 14.2 Å². The van der Waals surface area contributed by atoms with E-state index in [0.717, 1.165) is 10.8 Å². The quantitative estimate of drug-likeness (QED) is 0.551. The first kappa shape index (κ1) is 23.1. The molecule has 34 heavy (non-hydrogen) atoms. The highest BCUT2D eigenvalue weighted by Gasteiger charge is 2.49. The first-order valence-corrected chi connectivity index (χ1v) is 10.4. The van der Waals surface area contributed by atoms with Crippen molar-refractivity contribution in [1.29, 1.82) is 0 Å². The Morgan fingerprint density at radius 3 is 2.21 bits per heavy atom. The van der Waals surface area contributed by atoms with Gasteiger partial charge in [0.1, 0.15) is 12.7 Å². The zero-order valence-corrected chi connectivity index (χ0v) is 18.1. The van der Waals surface area contributed by atoms with Crippen molar-refractivity contribution in [2.45, 2.75) is 31.5 Å². The smallest absolute Gasteiger partial charge is 0.338 e. The highest BCUT2D eigenvalue weighted by atomic mass is 19.1. The lowest BCUT2D eigenvalue weighted by Crippen LogP contribution is -2.38. The lowest BCUT2D eigenvalue weighted by atomic mass is 10.1. The summed E-state index contributed by atoms with van der Waals surface area (Å²) < 4.78 is 32.7. The fraction of sp³-hybridized carbons (Fsp3) is 0.250. The van der Waals surface area contributed by atoms with E-state index in [4.69, 9.17) is 14.2 Å². The van der Waals surface area contributed by atoms with E-state index in [0.29, 0.717) is 0 Å². The molecule has 1 fully saturated rings. The van der Waals surface area contributed by atoms with E-state index in [1.807, 2.05) is 0 Å². The van der Waals surface area contributed by atoms with Gasteiger partial charge in [0.2, 0.25) is 0 Å². The molecule has 0 radical (unpaired) electrons. The van der Waals surface area contributed by atoms with E-state index >= 15 is 4.39 Å². The van der Waals surface area contributed by atoms with Crippen LogP contribution in [0.25, 0.3) is 0 Å². The van der Waals surface area contributed by atoms with Gasteiger partial charge in [-0.3, -0.25) is 14.3 Å². The SMILES string of the molecule is Cc1cn([C@@H]2O[C@@H](COC(=O)c3ccccc3)C(OC(=O)c3ccccc3)C2F)c(=O)[nH]c1=O. The first-order chi connectivity index (χ1) is 16.3. The molecule has 176 valence electrons. The number of nitrogens with one attached hydrogen (secondary N) is 1. The number of aryl methyl sites for hydroxylation is 1. The maximum absolute atomic E-state index is 15.5. The van der Waals surface area contributed by atoms with Crippen LogP contribution in [0.5, 0.6) is 0 Å². The summed E-state index contributed by atoms with van der Waals surface area (Å²) in [6.45, 7) is 1.01. The predicted molar refractivity (Wildman–Crippen MR) is 117 cm³/mol. The molecule has 2 unspecified atom stereocenters. The Bertz CT molecular complexity index is 1290. The van der Waals surface area contributed by atoms with Crippen LogP contribution in [0.4, 0.5) is 4.39 Å². The van der Waals surface area contributed by atoms with E-state index in [-0.39, 0.29) is 16.7 Å². The molecule has 2 heterocycles. The molecule has 0 amide bonds. The molecule has 1 N–H and O–H groups in total. The molecule has 1 aliphatic rings. The standard InChI is InChI=1S/C24H21FN2O7/c1-14-12-27(24(31)26-20(14)28)21-18(25)19(34-23(30)16-10-6-3-7-11-16)17(33-21)13-32-22(29)15-8-4-2-5-9-15/h2-12,17-19,21H,13H2,1H3,(H,26,28,31)/t17-,18?,19?,21+/m0/s1. The fourth-order valence-electron chi connectivity index (χ4n) is 3.55. The number of benzene rings is 2. The molecule has 0 bridgehead atoms. The number of hydrogen-bond acceptors (Lipinski definition) is 7. The van der Waals surface area contributed by atoms with Gasteiger partial charge in [-0.2, -0.15) is 0 Å². The minimum absolute atomic E-state index is 0.159. The lowest BCUT2D eigenvalue weighted by molar-refractivity contribution is -0.0592. The number of H-pyrrole nitrogens is 1. The highest BCUT2D eigenvalue weighted by Crippen LogP contribution is 2.34. The number of ether oxygens (including phenoxy) is 3. The minimum Gasteiger partial charge on any atom is -0.459 e. The van der Waals surface area contributed by atoms with Gasteiger partial charge in [-0.1, -0.05) is 36.4 Å². The van der Waals surface area contributed by atoms with Crippen LogP contribution >= 0.6 is 0 Å². The summed E-state index contributed by atoms with van der Waals surface area (Å²) in [7, 11) is 0. The number of carbonyl (C=O) groups is 2. The molecule has 2 aromatic carbocycles. The van der Waals surface area contributed by atoms with Crippen molar-refractivity contribution in [3.63, 3.8) is 0 Å². The summed E-state index contributed by atoms with van der Waals surface area (Å²) in [5, 5.41) is 0. The molecule has 0 saturated carbocycles. The van der Waals surface area contributed by atoms with Gasteiger partial charge >= 0.3 is 17.6 Å². The fourth-order valence-corrected chi connectivity index (χ4v) is 3.55. The van der Waals surface area contributed by atoms with Crippen molar-refractivity contribution in [2.24, 2.45) is 0 Å². The molecule has 1 saturated heterocycles. The van der Waals surface area contributed by atoms with Crippen molar-refractivity contribution in [1.82, 2.24) is 9.55 Å². The molecule has 10 heteroatoms. The molecular weight excluding hydrogens is 447 g/mol. The van der Waals surface area contributed by atoms with Gasteiger partial charge in [-0.15, -0.1) is 0 Å². The predicted octanol–water partition coefficient (Wildman–Crippen LogP) is 2.16. The van der Waals surface area contributed by atoms with E-state index < -0.39 is 54.4 Å². The Labute approximate surface area is 192 Å². The van der Waals surface area contributed by atoms with Crippen molar-refractivity contribution < 1.29 is 28.2 Å². The number of esters is 2. The monoisotopic (exact) mass is 468 g/mol. The normalized spacial score (nSPS) is 21.7.